The predicted molar refractivity (Wildman–Crippen MR) is 157 cm³/mol. The van der Waals surface area contributed by atoms with Crippen LogP contribution in [0.3, 0.4) is 0 Å². The topological polar surface area (TPSA) is 93.1 Å². The number of hydrogen-bond donors (Lipinski definition) is 3. The average molecular weight is 573 g/mol. The van der Waals surface area contributed by atoms with Crippen molar-refractivity contribution >= 4 is 23.2 Å². The summed E-state index contributed by atoms with van der Waals surface area (Å²) >= 11 is 0. The summed E-state index contributed by atoms with van der Waals surface area (Å²) < 4.78 is 45.6. The number of carbonyl (C=O) groups excluding carboxylic acids is 1. The Balaban J connectivity index is 1.41. The highest BCUT2D eigenvalue weighted by molar-refractivity contribution is 6.00. The molecule has 3 N–H and O–H groups in total. The van der Waals surface area contributed by atoms with E-state index in [1.54, 1.807) is 38.6 Å². The molecule has 0 saturated heterocycles. The first-order chi connectivity index (χ1) is 20.2. The normalized spacial score (nSPS) is 11.2. The van der Waals surface area contributed by atoms with Crippen molar-refractivity contribution < 1.29 is 22.7 Å². The maximum atomic E-state index is 12.8. The third-order valence-electron chi connectivity index (χ3n) is 6.46. The van der Waals surface area contributed by atoms with Gasteiger partial charge in [-0.3, -0.25) is 4.68 Å². The molecule has 0 saturated carbocycles. The zero-order chi connectivity index (χ0) is 29.7. The molecule has 2 heterocycles. The van der Waals surface area contributed by atoms with Crippen molar-refractivity contribution in [3.8, 4) is 28.1 Å². The van der Waals surface area contributed by atoms with Gasteiger partial charge in [0.05, 0.1) is 19.2 Å². The second kappa shape index (κ2) is 12.0. The second-order valence-corrected chi connectivity index (χ2v) is 9.35. The van der Waals surface area contributed by atoms with E-state index in [1.807, 2.05) is 53.3 Å². The molecule has 5 aromatic rings. The van der Waals surface area contributed by atoms with Gasteiger partial charge in [-0.1, -0.05) is 24.3 Å². The number of urea groups is 1. The second-order valence-electron chi connectivity index (χ2n) is 9.35. The van der Waals surface area contributed by atoms with Gasteiger partial charge in [0.2, 0.25) is 0 Å². The van der Waals surface area contributed by atoms with Crippen LogP contribution in [0.1, 0.15) is 11.1 Å². The number of pyridine rings is 1. The largest absolute Gasteiger partial charge is 0.497 e. The summed E-state index contributed by atoms with van der Waals surface area (Å²) in [6.07, 6.45) is -0.770. The summed E-state index contributed by atoms with van der Waals surface area (Å²) in [6, 6.07) is 22.4. The third-order valence-corrected chi connectivity index (χ3v) is 6.46. The van der Waals surface area contributed by atoms with Crippen LogP contribution >= 0.6 is 0 Å². The summed E-state index contributed by atoms with van der Waals surface area (Å²) in [5.74, 6) is 1.47. The monoisotopic (exact) mass is 572 g/mol. The Morgan fingerprint density at radius 3 is 2.33 bits per heavy atom. The number of carbonyl (C=O) groups is 1. The van der Waals surface area contributed by atoms with E-state index in [-0.39, 0.29) is 5.69 Å². The lowest BCUT2D eigenvalue weighted by atomic mass is 10.0. The molecule has 8 nitrogen and oxygen atoms in total. The molecule has 0 aliphatic carbocycles. The summed E-state index contributed by atoms with van der Waals surface area (Å²) in [5.41, 5.74) is 4.19. The zero-order valence-electron chi connectivity index (χ0n) is 22.7. The molecule has 214 valence electrons. The maximum absolute atomic E-state index is 12.8. The van der Waals surface area contributed by atoms with Crippen LogP contribution < -0.4 is 20.7 Å². The minimum absolute atomic E-state index is 0.231. The van der Waals surface area contributed by atoms with Crippen LogP contribution in [0.15, 0.2) is 97.3 Å². The number of methoxy groups -OCH3 is 1. The quantitative estimate of drug-likeness (QED) is 0.181. The number of rotatable bonds is 8. The molecule has 42 heavy (non-hydrogen) atoms. The van der Waals surface area contributed by atoms with Gasteiger partial charge in [-0.15, -0.1) is 0 Å². The molecule has 0 bridgehead atoms. The van der Waals surface area contributed by atoms with Gasteiger partial charge >= 0.3 is 12.2 Å². The number of nitrogens with zero attached hydrogens (tertiary/aromatic N) is 3. The number of benzene rings is 3. The number of hydrogen-bond acceptors (Lipinski definition) is 5. The van der Waals surface area contributed by atoms with Gasteiger partial charge in [0, 0.05) is 41.9 Å². The fourth-order valence-electron chi connectivity index (χ4n) is 4.36. The Labute approximate surface area is 240 Å². The van der Waals surface area contributed by atoms with Gasteiger partial charge in [-0.25, -0.2) is 9.78 Å². The van der Waals surface area contributed by atoms with E-state index in [4.69, 9.17) is 9.84 Å². The lowest BCUT2D eigenvalue weighted by Gasteiger charge is -2.11. The van der Waals surface area contributed by atoms with Crippen molar-refractivity contribution in [3.63, 3.8) is 0 Å². The highest BCUT2D eigenvalue weighted by atomic mass is 19.4. The molecule has 5 rings (SSSR count). The first-order valence-corrected chi connectivity index (χ1v) is 12.9. The van der Waals surface area contributed by atoms with Crippen molar-refractivity contribution in [2.24, 2.45) is 0 Å². The number of alkyl halides is 3. The molecule has 0 atom stereocenters. The summed E-state index contributed by atoms with van der Waals surface area (Å²) in [4.78, 5) is 17.0. The van der Waals surface area contributed by atoms with Gasteiger partial charge in [0.15, 0.2) is 0 Å². The molecule has 0 unspecified atom stereocenters. The van der Waals surface area contributed by atoms with E-state index in [0.717, 1.165) is 40.1 Å². The van der Waals surface area contributed by atoms with Crippen molar-refractivity contribution in [2.75, 3.05) is 30.1 Å². The SMILES string of the molecule is CNc1cc(-c2cn(Cc3ccc(OC)cc3)nc2-c2cccc(NC(=O)Nc3ccc(C(F)(F)F)cc3)c2)ccn1. The van der Waals surface area contributed by atoms with Gasteiger partial charge in [0.1, 0.15) is 17.3 Å². The molecule has 0 radical (unpaired) electrons. The van der Waals surface area contributed by atoms with Crippen LogP contribution in [-0.4, -0.2) is 35.0 Å². The lowest BCUT2D eigenvalue weighted by molar-refractivity contribution is -0.137. The Hall–Kier alpha value is -5.32. The Morgan fingerprint density at radius 1 is 0.905 bits per heavy atom. The van der Waals surface area contributed by atoms with E-state index >= 15 is 0 Å². The first kappa shape index (κ1) is 28.2. The van der Waals surface area contributed by atoms with Gasteiger partial charge in [-0.2, -0.15) is 18.3 Å². The summed E-state index contributed by atoms with van der Waals surface area (Å²) in [7, 11) is 3.42. The van der Waals surface area contributed by atoms with Crippen molar-refractivity contribution in [2.45, 2.75) is 12.7 Å². The predicted octanol–water partition coefficient (Wildman–Crippen LogP) is 7.37. The van der Waals surface area contributed by atoms with Crippen LogP contribution in [-0.2, 0) is 12.7 Å². The van der Waals surface area contributed by atoms with Crippen molar-refractivity contribution in [1.82, 2.24) is 14.8 Å². The fourth-order valence-corrected chi connectivity index (χ4v) is 4.36. The zero-order valence-corrected chi connectivity index (χ0v) is 22.7. The standard InChI is InChI=1S/C31H27F3N6O2/c1-35-28-17-21(14-15-36-28)27-19-40(18-20-6-12-26(42-2)13-7-20)39-29(27)22-4-3-5-25(16-22)38-30(41)37-24-10-8-23(9-11-24)31(32,33)34/h3-17,19H,18H2,1-2H3,(H,35,36)(H2,37,38,41). The summed E-state index contributed by atoms with van der Waals surface area (Å²) in [5, 5.41) is 13.2. The summed E-state index contributed by atoms with van der Waals surface area (Å²) in [6.45, 7) is 0.522. The van der Waals surface area contributed by atoms with Gasteiger partial charge in [-0.05, 0) is 71.8 Å². The van der Waals surface area contributed by atoms with Crippen LogP contribution in [0.2, 0.25) is 0 Å². The molecule has 2 aromatic heterocycles. The molecule has 11 heteroatoms. The maximum Gasteiger partial charge on any atom is 0.416 e. The Morgan fingerprint density at radius 2 is 1.64 bits per heavy atom. The smallest absolute Gasteiger partial charge is 0.416 e. The number of nitrogens with one attached hydrogen (secondary N) is 3. The van der Waals surface area contributed by atoms with Crippen LogP contribution in [0.5, 0.6) is 5.75 Å². The average Bonchev–Trinajstić information content (AvgIpc) is 3.41. The Bertz CT molecular complexity index is 1680. The molecule has 0 spiro atoms. The molecule has 0 fully saturated rings. The van der Waals surface area contributed by atoms with E-state index in [1.165, 1.54) is 12.1 Å². The molecule has 0 aliphatic rings. The molecular weight excluding hydrogens is 545 g/mol. The van der Waals surface area contributed by atoms with E-state index in [0.29, 0.717) is 23.7 Å². The first-order valence-electron chi connectivity index (χ1n) is 12.9. The van der Waals surface area contributed by atoms with Crippen molar-refractivity contribution in [1.29, 1.82) is 0 Å². The lowest BCUT2D eigenvalue weighted by Crippen LogP contribution is -2.19. The minimum atomic E-state index is -4.45. The van der Waals surface area contributed by atoms with E-state index < -0.39 is 17.8 Å². The minimum Gasteiger partial charge on any atom is -0.497 e. The Kier molecular flexibility index (Phi) is 8.09. The van der Waals surface area contributed by atoms with Crippen LogP contribution in [0, 0.1) is 0 Å². The van der Waals surface area contributed by atoms with Gasteiger partial charge in [0.25, 0.3) is 0 Å². The number of aromatic nitrogens is 3. The number of anilines is 3. The molecule has 3 aromatic carbocycles. The highest BCUT2D eigenvalue weighted by Crippen LogP contribution is 2.34. The highest BCUT2D eigenvalue weighted by Gasteiger charge is 2.30. The van der Waals surface area contributed by atoms with Crippen LogP contribution in [0.4, 0.5) is 35.2 Å². The number of amides is 2. The molecule has 0 aliphatic heterocycles. The van der Waals surface area contributed by atoms with E-state index in [2.05, 4.69) is 20.9 Å². The molecular formula is C31H27F3N6O2. The number of halogens is 3. The van der Waals surface area contributed by atoms with Crippen LogP contribution in [0.25, 0.3) is 22.4 Å². The number of ether oxygens (including phenoxy) is 1. The third kappa shape index (κ3) is 6.69. The fraction of sp³-hybridized carbons (Fsp3) is 0.129. The van der Waals surface area contributed by atoms with E-state index in [9.17, 15) is 18.0 Å². The van der Waals surface area contributed by atoms with Gasteiger partial charge < -0.3 is 20.7 Å². The van der Waals surface area contributed by atoms with Crippen molar-refractivity contribution in [3.05, 3.63) is 108 Å². The molecule has 2 amide bonds.